The molecule has 26 heavy (non-hydrogen) atoms. The number of hydrogen-bond acceptors (Lipinski definition) is 7. The van der Waals surface area contributed by atoms with Crippen LogP contribution in [-0.4, -0.2) is 52.5 Å². The number of fused-ring (bicyclic) bond motifs is 1. The summed E-state index contributed by atoms with van der Waals surface area (Å²) in [5, 5.41) is 15.6. The van der Waals surface area contributed by atoms with Crippen molar-refractivity contribution in [2.45, 2.75) is 25.3 Å². The zero-order valence-corrected chi connectivity index (χ0v) is 16.3. The van der Waals surface area contributed by atoms with Crippen molar-refractivity contribution in [2.75, 3.05) is 14.1 Å². The smallest absolute Gasteiger partial charge is 0.251 e. The molecule has 1 N–H and O–H groups in total. The maximum atomic E-state index is 12.4. The molecule has 0 bridgehead atoms. The average Bonchev–Trinajstić information content (AvgIpc) is 3.14. The van der Waals surface area contributed by atoms with E-state index in [1.165, 1.54) is 31.5 Å². The van der Waals surface area contributed by atoms with Crippen molar-refractivity contribution in [2.24, 2.45) is 0 Å². The van der Waals surface area contributed by atoms with E-state index < -0.39 is 10.0 Å². The number of aryl methyl sites for hydroxylation is 2. The van der Waals surface area contributed by atoms with Gasteiger partial charge in [0.25, 0.3) is 5.91 Å². The molecule has 0 radical (unpaired) electrons. The van der Waals surface area contributed by atoms with Gasteiger partial charge >= 0.3 is 0 Å². The molecule has 0 aliphatic heterocycles. The minimum absolute atomic E-state index is 0.115. The van der Waals surface area contributed by atoms with Crippen LogP contribution in [-0.2, 0) is 16.6 Å². The van der Waals surface area contributed by atoms with Crippen molar-refractivity contribution in [1.29, 1.82) is 0 Å². The third-order valence-electron chi connectivity index (χ3n) is 3.80. The van der Waals surface area contributed by atoms with Crippen LogP contribution in [0.1, 0.15) is 26.8 Å². The first-order chi connectivity index (χ1) is 12.2. The first kappa shape index (κ1) is 18.4. The molecule has 1 aromatic carbocycles. The molecule has 138 valence electrons. The van der Waals surface area contributed by atoms with Gasteiger partial charge in [-0.25, -0.2) is 12.7 Å². The maximum absolute atomic E-state index is 12.4. The molecule has 0 unspecified atom stereocenters. The summed E-state index contributed by atoms with van der Waals surface area (Å²) in [5.41, 5.74) is 0.856. The molecule has 2 heterocycles. The van der Waals surface area contributed by atoms with Crippen molar-refractivity contribution in [3.8, 4) is 0 Å². The fourth-order valence-electron chi connectivity index (χ4n) is 2.30. The number of sulfonamides is 1. The molecule has 0 aliphatic carbocycles. The van der Waals surface area contributed by atoms with E-state index >= 15 is 0 Å². The van der Waals surface area contributed by atoms with Crippen LogP contribution in [0.3, 0.4) is 0 Å². The van der Waals surface area contributed by atoms with E-state index in [4.69, 9.17) is 0 Å². The summed E-state index contributed by atoms with van der Waals surface area (Å²) in [5.74, 6) is 0.300. The number of carbonyl (C=O) groups excluding carboxylic acids is 1. The number of carbonyl (C=O) groups is 1. The first-order valence-electron chi connectivity index (χ1n) is 7.69. The number of nitrogens with one attached hydrogen (secondary N) is 1. The predicted molar refractivity (Wildman–Crippen MR) is 96.6 cm³/mol. The molecule has 1 amide bonds. The zero-order valence-electron chi connectivity index (χ0n) is 14.7. The molecule has 3 rings (SSSR count). The van der Waals surface area contributed by atoms with Crippen molar-refractivity contribution >= 4 is 32.2 Å². The number of benzene rings is 1. The van der Waals surface area contributed by atoms with Crippen LogP contribution in [0.25, 0.3) is 4.96 Å². The summed E-state index contributed by atoms with van der Waals surface area (Å²) >= 11 is 1.33. The van der Waals surface area contributed by atoms with Crippen LogP contribution in [0.15, 0.2) is 23.1 Å². The van der Waals surface area contributed by atoms with Gasteiger partial charge in [-0.15, -0.1) is 10.2 Å². The molecule has 0 spiro atoms. The quantitative estimate of drug-likeness (QED) is 0.691. The van der Waals surface area contributed by atoms with Crippen LogP contribution in [0.4, 0.5) is 0 Å². The van der Waals surface area contributed by atoms with Gasteiger partial charge in [0.05, 0.1) is 11.4 Å². The standard InChI is InChI=1S/C15H18N6O3S2/c1-9-5-6-11(7-12(9)26(23,24)20(3)4)14(22)16-8-13-19-21-10(2)17-18-15(21)25-13/h5-7H,8H2,1-4H3,(H,16,22). The Balaban J connectivity index is 1.79. The molecule has 0 saturated heterocycles. The summed E-state index contributed by atoms with van der Waals surface area (Å²) in [7, 11) is -0.710. The van der Waals surface area contributed by atoms with Crippen molar-refractivity contribution < 1.29 is 13.2 Å². The van der Waals surface area contributed by atoms with E-state index in [0.717, 1.165) is 4.31 Å². The highest BCUT2D eigenvalue weighted by molar-refractivity contribution is 7.89. The molecule has 2 aromatic heterocycles. The Morgan fingerprint density at radius 2 is 2.00 bits per heavy atom. The first-order valence-corrected chi connectivity index (χ1v) is 9.95. The van der Waals surface area contributed by atoms with Crippen LogP contribution < -0.4 is 5.32 Å². The van der Waals surface area contributed by atoms with Gasteiger partial charge in [0.1, 0.15) is 5.01 Å². The van der Waals surface area contributed by atoms with E-state index in [0.29, 0.717) is 21.4 Å². The zero-order chi connectivity index (χ0) is 19.1. The Labute approximate surface area is 154 Å². The molecule has 3 aromatic rings. The molecular formula is C15H18N6O3S2. The monoisotopic (exact) mass is 394 g/mol. The van der Waals surface area contributed by atoms with Gasteiger partial charge in [-0.05, 0) is 31.5 Å². The Morgan fingerprint density at radius 1 is 1.27 bits per heavy atom. The van der Waals surface area contributed by atoms with Gasteiger partial charge in [-0.1, -0.05) is 17.4 Å². The van der Waals surface area contributed by atoms with E-state index in [2.05, 4.69) is 20.6 Å². The summed E-state index contributed by atoms with van der Waals surface area (Å²) in [6.45, 7) is 3.71. The van der Waals surface area contributed by atoms with Crippen LogP contribution >= 0.6 is 11.3 Å². The van der Waals surface area contributed by atoms with Crippen molar-refractivity contribution in [3.05, 3.63) is 40.2 Å². The summed E-state index contributed by atoms with van der Waals surface area (Å²) in [6, 6.07) is 4.61. The third kappa shape index (κ3) is 3.32. The van der Waals surface area contributed by atoms with Crippen LogP contribution in [0, 0.1) is 13.8 Å². The van der Waals surface area contributed by atoms with Crippen LogP contribution in [0.5, 0.6) is 0 Å². The minimum atomic E-state index is -3.62. The van der Waals surface area contributed by atoms with E-state index in [1.54, 1.807) is 30.5 Å². The fourth-order valence-corrected chi connectivity index (χ4v) is 4.26. The minimum Gasteiger partial charge on any atom is -0.345 e. The largest absolute Gasteiger partial charge is 0.345 e. The maximum Gasteiger partial charge on any atom is 0.251 e. The number of rotatable bonds is 5. The lowest BCUT2D eigenvalue weighted by Gasteiger charge is -2.14. The fraction of sp³-hybridized carbons (Fsp3) is 0.333. The van der Waals surface area contributed by atoms with Gasteiger partial charge in [0.15, 0.2) is 5.82 Å². The predicted octanol–water partition coefficient (Wildman–Crippen LogP) is 0.983. The van der Waals surface area contributed by atoms with Gasteiger partial charge < -0.3 is 5.32 Å². The molecule has 9 nitrogen and oxygen atoms in total. The van der Waals surface area contributed by atoms with Gasteiger partial charge in [0, 0.05) is 19.7 Å². The lowest BCUT2D eigenvalue weighted by molar-refractivity contribution is 0.0950. The SMILES string of the molecule is Cc1ccc(C(=O)NCc2nn3c(C)nnc3s2)cc1S(=O)(=O)N(C)C. The van der Waals surface area contributed by atoms with Gasteiger partial charge in [-0.2, -0.15) is 9.61 Å². The highest BCUT2D eigenvalue weighted by Gasteiger charge is 2.21. The Morgan fingerprint density at radius 3 is 2.65 bits per heavy atom. The number of hydrogen-bond donors (Lipinski definition) is 1. The summed E-state index contributed by atoms with van der Waals surface area (Å²) < 4.78 is 27.5. The van der Waals surface area contributed by atoms with Crippen LogP contribution in [0.2, 0.25) is 0 Å². The molecule has 0 aliphatic rings. The highest BCUT2D eigenvalue weighted by atomic mass is 32.2. The van der Waals surface area contributed by atoms with Crippen molar-refractivity contribution in [1.82, 2.24) is 29.4 Å². The van der Waals surface area contributed by atoms with E-state index in [9.17, 15) is 13.2 Å². The summed E-state index contributed by atoms with van der Waals surface area (Å²) in [4.78, 5) is 13.2. The highest BCUT2D eigenvalue weighted by Crippen LogP contribution is 2.20. The number of aromatic nitrogens is 4. The Bertz CT molecular complexity index is 1080. The second-order valence-corrected chi connectivity index (χ2v) is 9.05. The molecule has 0 fully saturated rings. The Kier molecular flexibility index (Phi) is 4.78. The van der Waals surface area contributed by atoms with Gasteiger partial charge in [0.2, 0.25) is 15.0 Å². The summed E-state index contributed by atoms with van der Waals surface area (Å²) in [6.07, 6.45) is 0. The van der Waals surface area contributed by atoms with E-state index in [1.807, 2.05) is 0 Å². The molecular weight excluding hydrogens is 376 g/mol. The molecule has 0 saturated carbocycles. The number of amides is 1. The second kappa shape index (κ2) is 6.74. The van der Waals surface area contributed by atoms with E-state index in [-0.39, 0.29) is 22.9 Å². The molecule has 11 heteroatoms. The normalized spacial score (nSPS) is 12.0. The Hall–Kier alpha value is -2.37. The second-order valence-electron chi connectivity index (χ2n) is 5.89. The topological polar surface area (TPSA) is 110 Å². The average molecular weight is 394 g/mol. The third-order valence-corrected chi connectivity index (χ3v) is 6.65. The van der Waals surface area contributed by atoms with Gasteiger partial charge in [-0.3, -0.25) is 4.79 Å². The molecule has 0 atom stereocenters. The lowest BCUT2D eigenvalue weighted by atomic mass is 10.1. The van der Waals surface area contributed by atoms with Crippen molar-refractivity contribution in [3.63, 3.8) is 0 Å². The number of nitrogens with zero attached hydrogens (tertiary/aromatic N) is 5. The lowest BCUT2D eigenvalue weighted by Crippen LogP contribution is -2.25.